The van der Waals surface area contributed by atoms with Gasteiger partial charge in [-0.3, -0.25) is 0 Å². The van der Waals surface area contributed by atoms with Crippen molar-refractivity contribution in [3.8, 4) is 6.07 Å². The summed E-state index contributed by atoms with van der Waals surface area (Å²) in [5.74, 6) is 0.587. The molecule has 2 heteroatoms. The Balaban J connectivity index is 2.27. The topological polar surface area (TPSA) is 44.0 Å². The number of nitriles is 1. The minimum absolute atomic E-state index is 0.575. The van der Waals surface area contributed by atoms with Crippen molar-refractivity contribution in [2.45, 2.75) is 45.6 Å². The van der Waals surface area contributed by atoms with Gasteiger partial charge in [0.15, 0.2) is 0 Å². The molecule has 1 saturated carbocycles. The lowest BCUT2D eigenvalue weighted by Crippen LogP contribution is -2.24. The third-order valence-electron chi connectivity index (χ3n) is 4.33. The van der Waals surface area contributed by atoms with Gasteiger partial charge in [0.05, 0.1) is 17.6 Å². The SMILES string of the molecule is CCC1CCC(C#N)(C(O)c2cccc(C)c2)C1. The maximum absolute atomic E-state index is 10.6. The van der Waals surface area contributed by atoms with Crippen LogP contribution in [-0.2, 0) is 0 Å². The van der Waals surface area contributed by atoms with Crippen LogP contribution in [0.2, 0.25) is 0 Å². The maximum Gasteiger partial charge on any atom is 0.0976 e. The first-order valence-electron chi connectivity index (χ1n) is 6.77. The molecule has 0 saturated heterocycles. The molecule has 0 amide bonds. The van der Waals surface area contributed by atoms with Crippen LogP contribution in [0.4, 0.5) is 0 Å². The molecule has 0 radical (unpaired) electrons. The smallest absolute Gasteiger partial charge is 0.0976 e. The molecule has 1 N–H and O–H groups in total. The summed E-state index contributed by atoms with van der Waals surface area (Å²) in [6.45, 7) is 4.18. The second kappa shape index (κ2) is 5.12. The van der Waals surface area contributed by atoms with Crippen LogP contribution in [0.3, 0.4) is 0 Å². The third kappa shape index (κ3) is 2.28. The first-order valence-corrected chi connectivity index (χ1v) is 6.77. The highest BCUT2D eigenvalue weighted by molar-refractivity contribution is 5.28. The van der Waals surface area contributed by atoms with Gasteiger partial charge in [-0.25, -0.2) is 0 Å². The summed E-state index contributed by atoms with van der Waals surface area (Å²) >= 11 is 0. The second-order valence-electron chi connectivity index (χ2n) is 5.60. The molecule has 0 aliphatic heterocycles. The Morgan fingerprint density at radius 3 is 2.89 bits per heavy atom. The van der Waals surface area contributed by atoms with Crippen molar-refractivity contribution in [1.82, 2.24) is 0 Å². The van der Waals surface area contributed by atoms with Gasteiger partial charge in [-0.1, -0.05) is 43.2 Å². The highest BCUT2D eigenvalue weighted by Gasteiger charge is 2.45. The van der Waals surface area contributed by atoms with Gasteiger partial charge >= 0.3 is 0 Å². The quantitative estimate of drug-likeness (QED) is 0.878. The summed E-state index contributed by atoms with van der Waals surface area (Å²) in [4.78, 5) is 0. The number of hydrogen-bond acceptors (Lipinski definition) is 2. The number of benzene rings is 1. The van der Waals surface area contributed by atoms with Crippen LogP contribution in [0.5, 0.6) is 0 Å². The van der Waals surface area contributed by atoms with E-state index in [2.05, 4.69) is 13.0 Å². The average molecular weight is 243 g/mol. The Bertz CT molecular complexity index is 462. The van der Waals surface area contributed by atoms with Gasteiger partial charge in [0, 0.05) is 0 Å². The zero-order valence-electron chi connectivity index (χ0n) is 11.2. The normalized spacial score (nSPS) is 28.9. The predicted octanol–water partition coefficient (Wildman–Crippen LogP) is 3.75. The summed E-state index contributed by atoms with van der Waals surface area (Å²) in [7, 11) is 0. The number of aryl methyl sites for hydroxylation is 1. The standard InChI is InChI=1S/C16H21NO/c1-3-13-7-8-16(10-13,11-17)15(18)14-6-4-5-12(2)9-14/h4-6,9,13,15,18H,3,7-8,10H2,1-2H3. The predicted molar refractivity (Wildman–Crippen MR) is 71.8 cm³/mol. The van der Waals surface area contributed by atoms with Crippen molar-refractivity contribution in [3.63, 3.8) is 0 Å². The molecule has 2 rings (SSSR count). The molecule has 1 fully saturated rings. The van der Waals surface area contributed by atoms with E-state index in [-0.39, 0.29) is 0 Å². The van der Waals surface area contributed by atoms with Gasteiger partial charge in [0.2, 0.25) is 0 Å². The number of aliphatic hydroxyl groups is 1. The highest BCUT2D eigenvalue weighted by atomic mass is 16.3. The van der Waals surface area contributed by atoms with Crippen molar-refractivity contribution in [2.75, 3.05) is 0 Å². The minimum Gasteiger partial charge on any atom is -0.387 e. The Kier molecular flexibility index (Phi) is 3.73. The van der Waals surface area contributed by atoms with Crippen LogP contribution in [-0.4, -0.2) is 5.11 Å². The van der Waals surface area contributed by atoms with Gasteiger partial charge in [-0.2, -0.15) is 5.26 Å². The lowest BCUT2D eigenvalue weighted by Gasteiger charge is -2.28. The molecular weight excluding hydrogens is 222 g/mol. The van der Waals surface area contributed by atoms with Gasteiger partial charge in [0.1, 0.15) is 0 Å². The van der Waals surface area contributed by atoms with Gasteiger partial charge < -0.3 is 5.11 Å². The summed E-state index contributed by atoms with van der Waals surface area (Å²) in [5, 5.41) is 20.1. The van der Waals surface area contributed by atoms with Crippen molar-refractivity contribution < 1.29 is 5.11 Å². The van der Waals surface area contributed by atoms with E-state index in [4.69, 9.17) is 0 Å². The minimum atomic E-state index is -0.654. The van der Waals surface area contributed by atoms with E-state index in [1.165, 1.54) is 0 Å². The van der Waals surface area contributed by atoms with Gasteiger partial charge in [0.25, 0.3) is 0 Å². The molecule has 1 aliphatic rings. The molecule has 3 atom stereocenters. The van der Waals surface area contributed by atoms with Crippen molar-refractivity contribution in [1.29, 1.82) is 5.26 Å². The van der Waals surface area contributed by atoms with Crippen LogP contribution in [0.1, 0.15) is 49.8 Å². The molecule has 0 heterocycles. The van der Waals surface area contributed by atoms with E-state index >= 15 is 0 Å². The van der Waals surface area contributed by atoms with E-state index in [9.17, 15) is 10.4 Å². The molecule has 0 spiro atoms. The second-order valence-corrected chi connectivity index (χ2v) is 5.60. The molecule has 1 aromatic carbocycles. The molecule has 3 unspecified atom stereocenters. The molecule has 1 aromatic rings. The Labute approximate surface area is 109 Å². The summed E-state index contributed by atoms with van der Waals surface area (Å²) in [6.07, 6.45) is 3.15. The fourth-order valence-electron chi connectivity index (χ4n) is 3.10. The lowest BCUT2D eigenvalue weighted by atomic mass is 9.77. The lowest BCUT2D eigenvalue weighted by molar-refractivity contribution is 0.0640. The summed E-state index contributed by atoms with van der Waals surface area (Å²) < 4.78 is 0. The first-order chi connectivity index (χ1) is 8.61. The Hall–Kier alpha value is -1.33. The largest absolute Gasteiger partial charge is 0.387 e. The summed E-state index contributed by atoms with van der Waals surface area (Å²) in [6, 6.07) is 10.3. The van der Waals surface area contributed by atoms with Crippen LogP contribution in [0.25, 0.3) is 0 Å². The van der Waals surface area contributed by atoms with Crippen molar-refractivity contribution in [2.24, 2.45) is 11.3 Å². The van der Waals surface area contributed by atoms with Crippen LogP contribution in [0.15, 0.2) is 24.3 Å². The van der Waals surface area contributed by atoms with E-state index in [0.29, 0.717) is 5.92 Å². The van der Waals surface area contributed by atoms with E-state index in [1.807, 2.05) is 31.2 Å². The van der Waals surface area contributed by atoms with Gasteiger partial charge in [-0.05, 0) is 37.7 Å². The van der Waals surface area contributed by atoms with E-state index in [1.54, 1.807) is 0 Å². The zero-order valence-corrected chi connectivity index (χ0v) is 11.2. The Morgan fingerprint density at radius 2 is 2.33 bits per heavy atom. The zero-order chi connectivity index (χ0) is 13.2. The third-order valence-corrected chi connectivity index (χ3v) is 4.33. The van der Waals surface area contributed by atoms with E-state index in [0.717, 1.165) is 36.8 Å². The molecular formula is C16H21NO. The van der Waals surface area contributed by atoms with Crippen LogP contribution in [0, 0.1) is 29.6 Å². The number of rotatable bonds is 3. The molecule has 2 nitrogen and oxygen atoms in total. The Morgan fingerprint density at radius 1 is 1.56 bits per heavy atom. The molecule has 1 aliphatic carbocycles. The van der Waals surface area contributed by atoms with Crippen LogP contribution < -0.4 is 0 Å². The van der Waals surface area contributed by atoms with Crippen molar-refractivity contribution in [3.05, 3.63) is 35.4 Å². The number of hydrogen-bond donors (Lipinski definition) is 1. The van der Waals surface area contributed by atoms with Gasteiger partial charge in [-0.15, -0.1) is 0 Å². The highest BCUT2D eigenvalue weighted by Crippen LogP contribution is 2.50. The molecule has 18 heavy (non-hydrogen) atoms. The van der Waals surface area contributed by atoms with Crippen molar-refractivity contribution >= 4 is 0 Å². The molecule has 0 bridgehead atoms. The molecule has 96 valence electrons. The first kappa shape index (κ1) is 13.1. The summed E-state index contributed by atoms with van der Waals surface area (Å²) in [5.41, 5.74) is 1.44. The van der Waals surface area contributed by atoms with Crippen LogP contribution >= 0.6 is 0 Å². The number of nitrogens with zero attached hydrogens (tertiary/aromatic N) is 1. The van der Waals surface area contributed by atoms with E-state index < -0.39 is 11.5 Å². The maximum atomic E-state index is 10.6. The fraction of sp³-hybridized carbons (Fsp3) is 0.562. The fourth-order valence-corrected chi connectivity index (χ4v) is 3.10. The number of aliphatic hydroxyl groups excluding tert-OH is 1. The average Bonchev–Trinajstić information content (AvgIpc) is 2.83. The molecule has 0 aromatic heterocycles. The monoisotopic (exact) mass is 243 g/mol.